The quantitative estimate of drug-likeness (QED) is 0.257. The number of hydrogen-bond acceptors (Lipinski definition) is 7. The van der Waals surface area contributed by atoms with Gasteiger partial charge in [0.1, 0.15) is 41.4 Å². The van der Waals surface area contributed by atoms with E-state index in [0.29, 0.717) is 35.6 Å². The summed E-state index contributed by atoms with van der Waals surface area (Å²) < 4.78 is 11.4. The van der Waals surface area contributed by atoms with E-state index in [1.54, 1.807) is 18.2 Å². The van der Waals surface area contributed by atoms with Crippen LogP contribution in [0.15, 0.2) is 54.1 Å². The van der Waals surface area contributed by atoms with Crippen LogP contribution in [0.25, 0.3) is 6.08 Å². The van der Waals surface area contributed by atoms with Gasteiger partial charge in [-0.3, -0.25) is 10.1 Å². The van der Waals surface area contributed by atoms with E-state index in [2.05, 4.69) is 29.4 Å². The molecule has 1 N–H and O–H groups in total. The molecule has 33 heavy (non-hydrogen) atoms. The van der Waals surface area contributed by atoms with Crippen LogP contribution in [-0.2, 0) is 11.2 Å². The van der Waals surface area contributed by atoms with E-state index in [0.717, 1.165) is 22.7 Å². The molecule has 0 fully saturated rings. The number of nitrogens with one attached hydrogen (secondary N) is 1. The Morgan fingerprint density at radius 3 is 2.48 bits per heavy atom. The average molecular weight is 463 g/mol. The Balaban J connectivity index is 1.57. The molecule has 0 bridgehead atoms. The highest BCUT2D eigenvalue weighted by Crippen LogP contribution is 2.20. The first kappa shape index (κ1) is 24.0. The van der Waals surface area contributed by atoms with Crippen molar-refractivity contribution >= 4 is 28.5 Å². The maximum Gasteiger partial charge on any atom is 0.268 e. The van der Waals surface area contributed by atoms with Crippen molar-refractivity contribution in [2.75, 3.05) is 18.5 Å². The number of aryl methyl sites for hydroxylation is 1. The van der Waals surface area contributed by atoms with Crippen LogP contribution in [0.5, 0.6) is 11.5 Å². The van der Waals surface area contributed by atoms with Gasteiger partial charge >= 0.3 is 0 Å². The number of carbonyl (C=O) groups is 1. The molecule has 0 radical (unpaired) electrons. The highest BCUT2D eigenvalue weighted by Gasteiger charge is 2.13. The molecule has 0 aliphatic heterocycles. The number of anilines is 1. The molecule has 8 heteroatoms. The lowest BCUT2D eigenvalue weighted by Crippen LogP contribution is -2.13. The molecular formula is C25H26N4O3S. The molecule has 170 valence electrons. The Hall–Kier alpha value is -3.70. The average Bonchev–Trinajstić information content (AvgIpc) is 3.21. The van der Waals surface area contributed by atoms with Gasteiger partial charge in [0.25, 0.3) is 5.91 Å². The monoisotopic (exact) mass is 462 g/mol. The first-order valence-electron chi connectivity index (χ1n) is 10.6. The van der Waals surface area contributed by atoms with E-state index in [4.69, 9.17) is 9.47 Å². The van der Waals surface area contributed by atoms with Gasteiger partial charge in [0.15, 0.2) is 0 Å². The SMILES string of the molecule is Cc1cccc(OCCOc2cccc(/C=C(/C#N)C(=O)Nc3nnc(CC(C)C)s3)c2)c1. The minimum absolute atomic E-state index is 0.0319. The van der Waals surface area contributed by atoms with Crippen molar-refractivity contribution in [1.82, 2.24) is 10.2 Å². The topological polar surface area (TPSA) is 97.1 Å². The number of benzene rings is 2. The van der Waals surface area contributed by atoms with Gasteiger partial charge < -0.3 is 9.47 Å². The maximum atomic E-state index is 12.5. The van der Waals surface area contributed by atoms with Crippen LogP contribution < -0.4 is 14.8 Å². The van der Waals surface area contributed by atoms with Gasteiger partial charge in [-0.25, -0.2) is 0 Å². The van der Waals surface area contributed by atoms with E-state index in [1.165, 1.54) is 17.4 Å². The molecule has 0 aliphatic rings. The van der Waals surface area contributed by atoms with Crippen molar-refractivity contribution in [3.8, 4) is 17.6 Å². The highest BCUT2D eigenvalue weighted by molar-refractivity contribution is 7.15. The van der Waals surface area contributed by atoms with Crippen molar-refractivity contribution < 1.29 is 14.3 Å². The van der Waals surface area contributed by atoms with Crippen LogP contribution in [0.3, 0.4) is 0 Å². The lowest BCUT2D eigenvalue weighted by Gasteiger charge is -2.09. The lowest BCUT2D eigenvalue weighted by atomic mass is 10.1. The van der Waals surface area contributed by atoms with Crippen molar-refractivity contribution in [2.24, 2.45) is 5.92 Å². The van der Waals surface area contributed by atoms with Gasteiger partial charge in [-0.2, -0.15) is 5.26 Å². The maximum absolute atomic E-state index is 12.5. The summed E-state index contributed by atoms with van der Waals surface area (Å²) in [5.74, 6) is 1.34. The van der Waals surface area contributed by atoms with E-state index >= 15 is 0 Å². The second kappa shape index (κ2) is 11.8. The molecule has 0 atom stereocenters. The molecular weight excluding hydrogens is 436 g/mol. The number of carbonyl (C=O) groups excluding carboxylic acids is 1. The Morgan fingerprint density at radius 2 is 1.82 bits per heavy atom. The zero-order valence-corrected chi connectivity index (χ0v) is 19.7. The molecule has 0 spiro atoms. The van der Waals surface area contributed by atoms with Crippen molar-refractivity contribution in [1.29, 1.82) is 5.26 Å². The molecule has 0 saturated heterocycles. The smallest absolute Gasteiger partial charge is 0.268 e. The fourth-order valence-electron chi connectivity index (χ4n) is 2.93. The third-order valence-corrected chi connectivity index (χ3v) is 5.28. The third kappa shape index (κ3) is 7.74. The Morgan fingerprint density at radius 1 is 1.12 bits per heavy atom. The molecule has 0 unspecified atom stereocenters. The largest absolute Gasteiger partial charge is 0.490 e. The predicted octanol–water partition coefficient (Wildman–Crippen LogP) is 5.05. The summed E-state index contributed by atoms with van der Waals surface area (Å²) in [6.07, 6.45) is 2.30. The normalized spacial score (nSPS) is 11.2. The van der Waals surface area contributed by atoms with Crippen molar-refractivity contribution in [3.05, 3.63) is 70.2 Å². The molecule has 1 heterocycles. The van der Waals surface area contributed by atoms with Gasteiger partial charge in [0.2, 0.25) is 5.13 Å². The van der Waals surface area contributed by atoms with Crippen LogP contribution in [-0.4, -0.2) is 29.3 Å². The molecule has 0 aliphatic carbocycles. The third-order valence-electron chi connectivity index (χ3n) is 4.41. The fourth-order valence-corrected chi connectivity index (χ4v) is 3.88. The van der Waals surface area contributed by atoms with Gasteiger partial charge in [0, 0.05) is 6.42 Å². The highest BCUT2D eigenvalue weighted by atomic mass is 32.1. The first-order valence-corrected chi connectivity index (χ1v) is 11.4. The van der Waals surface area contributed by atoms with Crippen LogP contribution >= 0.6 is 11.3 Å². The zero-order valence-electron chi connectivity index (χ0n) is 18.9. The van der Waals surface area contributed by atoms with E-state index in [-0.39, 0.29) is 5.57 Å². The minimum atomic E-state index is -0.525. The Labute approximate surface area is 197 Å². The molecule has 7 nitrogen and oxygen atoms in total. The number of ether oxygens (including phenoxy) is 2. The number of aromatic nitrogens is 2. The van der Waals surface area contributed by atoms with Gasteiger partial charge in [-0.15, -0.1) is 10.2 Å². The Kier molecular flexibility index (Phi) is 8.56. The number of hydrogen-bond donors (Lipinski definition) is 1. The summed E-state index contributed by atoms with van der Waals surface area (Å²) >= 11 is 1.31. The summed E-state index contributed by atoms with van der Waals surface area (Å²) in [6.45, 7) is 6.95. The summed E-state index contributed by atoms with van der Waals surface area (Å²) in [5, 5.41) is 21.4. The molecule has 2 aromatic carbocycles. The fraction of sp³-hybridized carbons (Fsp3) is 0.280. The molecule has 0 saturated carbocycles. The van der Waals surface area contributed by atoms with Crippen LogP contribution in [0.2, 0.25) is 0 Å². The zero-order chi connectivity index (χ0) is 23.6. The predicted molar refractivity (Wildman–Crippen MR) is 129 cm³/mol. The summed E-state index contributed by atoms with van der Waals surface area (Å²) in [7, 11) is 0. The molecule has 3 rings (SSSR count). The Bertz CT molecular complexity index is 1160. The second-order valence-corrected chi connectivity index (χ2v) is 8.87. The molecule has 1 aromatic heterocycles. The van der Waals surface area contributed by atoms with Gasteiger partial charge in [0.05, 0.1) is 0 Å². The van der Waals surface area contributed by atoms with Crippen molar-refractivity contribution in [2.45, 2.75) is 27.2 Å². The van der Waals surface area contributed by atoms with Crippen LogP contribution in [0.1, 0.15) is 30.0 Å². The second-order valence-electron chi connectivity index (χ2n) is 7.81. The van der Waals surface area contributed by atoms with E-state index < -0.39 is 5.91 Å². The number of nitriles is 1. The minimum Gasteiger partial charge on any atom is -0.490 e. The number of amides is 1. The summed E-state index contributed by atoms with van der Waals surface area (Å²) in [6, 6.07) is 17.0. The van der Waals surface area contributed by atoms with Gasteiger partial charge in [-0.05, 0) is 54.3 Å². The van der Waals surface area contributed by atoms with Gasteiger partial charge in [-0.1, -0.05) is 49.4 Å². The van der Waals surface area contributed by atoms with E-state index in [1.807, 2.05) is 43.3 Å². The van der Waals surface area contributed by atoms with Crippen LogP contribution in [0, 0.1) is 24.2 Å². The number of rotatable bonds is 10. The van der Waals surface area contributed by atoms with E-state index in [9.17, 15) is 10.1 Å². The molecule has 1 amide bonds. The van der Waals surface area contributed by atoms with Crippen LogP contribution in [0.4, 0.5) is 5.13 Å². The standard InChI is InChI=1S/C25H26N4O3S/c1-17(2)12-23-28-29-25(33-23)27-24(30)20(16-26)14-19-7-5-9-22(15-19)32-11-10-31-21-8-4-6-18(3)13-21/h4-9,13-15,17H,10-12H2,1-3H3,(H,27,29,30)/b20-14-. The summed E-state index contributed by atoms with van der Waals surface area (Å²) in [4.78, 5) is 12.5. The molecule has 3 aromatic rings. The number of nitrogens with zero attached hydrogens (tertiary/aromatic N) is 3. The first-order chi connectivity index (χ1) is 15.9. The summed E-state index contributed by atoms with van der Waals surface area (Å²) in [5.41, 5.74) is 1.78. The van der Waals surface area contributed by atoms with Crippen molar-refractivity contribution in [3.63, 3.8) is 0 Å². The lowest BCUT2D eigenvalue weighted by molar-refractivity contribution is -0.112.